The molecule has 2 aliphatic rings. The van der Waals surface area contributed by atoms with Gasteiger partial charge in [-0.1, -0.05) is 30.4 Å². The maximum absolute atomic E-state index is 14.6. The molecule has 1 aliphatic heterocycles. The third kappa shape index (κ3) is 5.72. The molecule has 2 heterocycles. The van der Waals surface area contributed by atoms with Gasteiger partial charge in [-0.05, 0) is 70.0 Å². The summed E-state index contributed by atoms with van der Waals surface area (Å²) in [5.74, 6) is 0.757. The molecule has 1 aromatic carbocycles. The van der Waals surface area contributed by atoms with Crippen LogP contribution in [0.15, 0.2) is 42.6 Å². The van der Waals surface area contributed by atoms with Crippen LogP contribution >= 0.6 is 0 Å². The lowest BCUT2D eigenvalue weighted by Crippen LogP contribution is -2.47. The maximum Gasteiger partial charge on any atom is 0.226 e. The van der Waals surface area contributed by atoms with E-state index in [1.807, 2.05) is 30.8 Å². The highest BCUT2D eigenvalue weighted by Gasteiger charge is 2.33. The van der Waals surface area contributed by atoms with Crippen molar-refractivity contribution in [1.82, 2.24) is 19.6 Å². The van der Waals surface area contributed by atoms with Crippen molar-refractivity contribution in [3.8, 4) is 0 Å². The number of carbonyl (C=O) groups excluding carboxylic acids is 1. The minimum absolute atomic E-state index is 0.133. The molecule has 178 valence electrons. The van der Waals surface area contributed by atoms with Crippen LogP contribution in [0.4, 0.5) is 4.39 Å². The lowest BCUT2D eigenvalue weighted by Gasteiger charge is -2.41. The van der Waals surface area contributed by atoms with E-state index in [9.17, 15) is 9.18 Å². The van der Waals surface area contributed by atoms with E-state index in [4.69, 9.17) is 0 Å². The van der Waals surface area contributed by atoms with Gasteiger partial charge in [0.15, 0.2) is 0 Å². The molecule has 0 bridgehead atoms. The molecule has 0 radical (unpaired) electrons. The van der Waals surface area contributed by atoms with Gasteiger partial charge in [-0.25, -0.2) is 4.39 Å². The standard InChI is InChI=1S/C27H37FN4O/c1-20-24(19-31(3)29-20)18-30(2)26(17-23-11-7-8-12-25(23)28)21-13-15-32(16-14-21)27(33)22-9-5-4-6-10-22/h4-5,7-8,11-12,19,21-22,26H,6,9-10,13-18H2,1-3H3. The second-order valence-corrected chi connectivity index (χ2v) is 9.84. The molecule has 0 saturated carbocycles. The molecule has 1 amide bonds. The zero-order valence-electron chi connectivity index (χ0n) is 20.2. The van der Waals surface area contributed by atoms with Gasteiger partial charge < -0.3 is 4.90 Å². The second kappa shape index (κ2) is 10.6. The van der Waals surface area contributed by atoms with E-state index in [1.165, 1.54) is 5.56 Å². The Balaban J connectivity index is 1.46. The van der Waals surface area contributed by atoms with Crippen LogP contribution in [0.1, 0.15) is 48.9 Å². The Morgan fingerprint density at radius 2 is 1.94 bits per heavy atom. The van der Waals surface area contributed by atoms with Gasteiger partial charge in [-0.15, -0.1) is 0 Å². The molecule has 1 fully saturated rings. The number of hydrogen-bond acceptors (Lipinski definition) is 3. The molecular formula is C27H37FN4O. The summed E-state index contributed by atoms with van der Waals surface area (Å²) in [7, 11) is 4.09. The third-order valence-corrected chi connectivity index (χ3v) is 7.50. The summed E-state index contributed by atoms with van der Waals surface area (Å²) in [5.41, 5.74) is 3.01. The number of amides is 1. The van der Waals surface area contributed by atoms with E-state index in [1.54, 1.807) is 12.1 Å². The first-order valence-corrected chi connectivity index (χ1v) is 12.3. The highest BCUT2D eigenvalue weighted by molar-refractivity contribution is 5.79. The average Bonchev–Trinajstić information content (AvgIpc) is 3.15. The molecule has 33 heavy (non-hydrogen) atoms. The molecule has 1 saturated heterocycles. The summed E-state index contributed by atoms with van der Waals surface area (Å²) in [6, 6.07) is 7.33. The molecule has 6 heteroatoms. The van der Waals surface area contributed by atoms with Crippen molar-refractivity contribution in [3.05, 3.63) is 65.3 Å². The third-order valence-electron chi connectivity index (χ3n) is 7.50. The van der Waals surface area contributed by atoms with Gasteiger partial charge in [0, 0.05) is 50.4 Å². The van der Waals surface area contributed by atoms with Crippen molar-refractivity contribution >= 4 is 5.91 Å². The average molecular weight is 453 g/mol. The van der Waals surface area contributed by atoms with Gasteiger partial charge in [0.2, 0.25) is 5.91 Å². The number of aryl methyl sites for hydroxylation is 2. The Labute approximate surface area is 197 Å². The van der Waals surface area contributed by atoms with Crippen LogP contribution in [0, 0.1) is 24.6 Å². The molecule has 2 atom stereocenters. The minimum Gasteiger partial charge on any atom is -0.342 e. The van der Waals surface area contributed by atoms with Crippen LogP contribution in [-0.4, -0.2) is 51.7 Å². The van der Waals surface area contributed by atoms with Crippen LogP contribution in [0.3, 0.4) is 0 Å². The predicted molar refractivity (Wildman–Crippen MR) is 129 cm³/mol. The number of likely N-dealkylation sites (tertiary alicyclic amines) is 1. The van der Waals surface area contributed by atoms with E-state index in [2.05, 4.69) is 40.3 Å². The van der Waals surface area contributed by atoms with Crippen LogP contribution in [-0.2, 0) is 24.8 Å². The second-order valence-electron chi connectivity index (χ2n) is 9.84. The predicted octanol–water partition coefficient (Wildman–Crippen LogP) is 4.51. The van der Waals surface area contributed by atoms with Crippen molar-refractivity contribution in [1.29, 1.82) is 0 Å². The topological polar surface area (TPSA) is 41.4 Å². The fourth-order valence-electron chi connectivity index (χ4n) is 5.54. The SMILES string of the molecule is Cc1nn(C)cc1CN(C)C(Cc1ccccc1F)C1CCN(C(=O)C2CC=CCC2)CC1. The number of likely N-dealkylation sites (N-methyl/N-ethyl adjacent to an activating group) is 1. The quantitative estimate of drug-likeness (QED) is 0.581. The summed E-state index contributed by atoms with van der Waals surface area (Å²) in [4.78, 5) is 17.4. The Kier molecular flexibility index (Phi) is 7.63. The van der Waals surface area contributed by atoms with Gasteiger partial charge in [-0.2, -0.15) is 5.10 Å². The van der Waals surface area contributed by atoms with E-state index >= 15 is 0 Å². The van der Waals surface area contributed by atoms with Crippen LogP contribution < -0.4 is 0 Å². The summed E-state index contributed by atoms with van der Waals surface area (Å²) >= 11 is 0. The molecule has 0 N–H and O–H groups in total. The van der Waals surface area contributed by atoms with Crippen molar-refractivity contribution in [2.24, 2.45) is 18.9 Å². The van der Waals surface area contributed by atoms with Crippen molar-refractivity contribution in [3.63, 3.8) is 0 Å². The largest absolute Gasteiger partial charge is 0.342 e. The number of nitrogens with zero attached hydrogens (tertiary/aromatic N) is 4. The zero-order valence-corrected chi connectivity index (χ0v) is 20.2. The van der Waals surface area contributed by atoms with E-state index < -0.39 is 0 Å². The fourth-order valence-corrected chi connectivity index (χ4v) is 5.54. The lowest BCUT2D eigenvalue weighted by molar-refractivity contribution is -0.137. The number of carbonyl (C=O) groups is 1. The monoisotopic (exact) mass is 452 g/mol. The summed E-state index contributed by atoms with van der Waals surface area (Å²) < 4.78 is 16.4. The van der Waals surface area contributed by atoms with E-state index in [0.29, 0.717) is 18.2 Å². The number of rotatable bonds is 7. The molecular weight excluding hydrogens is 415 g/mol. The summed E-state index contributed by atoms with van der Waals surface area (Å²) in [6.45, 7) is 4.43. The van der Waals surface area contributed by atoms with Gasteiger partial charge in [-0.3, -0.25) is 14.4 Å². The molecule has 1 aliphatic carbocycles. The highest BCUT2D eigenvalue weighted by Crippen LogP contribution is 2.30. The molecule has 0 spiro atoms. The molecule has 4 rings (SSSR count). The molecule has 2 aromatic rings. The molecule has 2 unspecified atom stereocenters. The number of benzene rings is 1. The summed E-state index contributed by atoms with van der Waals surface area (Å²) in [5, 5.41) is 4.49. The first-order chi connectivity index (χ1) is 15.9. The number of aromatic nitrogens is 2. The first kappa shape index (κ1) is 23.7. The van der Waals surface area contributed by atoms with Gasteiger partial charge in [0.1, 0.15) is 5.82 Å². The van der Waals surface area contributed by atoms with Crippen molar-refractivity contribution < 1.29 is 9.18 Å². The van der Waals surface area contributed by atoms with Gasteiger partial charge >= 0.3 is 0 Å². The lowest BCUT2D eigenvalue weighted by atomic mass is 9.84. The number of halogens is 1. The number of piperidine rings is 1. The Morgan fingerprint density at radius 1 is 1.18 bits per heavy atom. The first-order valence-electron chi connectivity index (χ1n) is 12.3. The molecule has 5 nitrogen and oxygen atoms in total. The Morgan fingerprint density at radius 3 is 2.58 bits per heavy atom. The highest BCUT2D eigenvalue weighted by atomic mass is 19.1. The smallest absolute Gasteiger partial charge is 0.226 e. The van der Waals surface area contributed by atoms with Crippen molar-refractivity contribution in [2.75, 3.05) is 20.1 Å². The van der Waals surface area contributed by atoms with E-state index in [0.717, 1.165) is 63.0 Å². The van der Waals surface area contributed by atoms with Crippen LogP contribution in [0.2, 0.25) is 0 Å². The molecule has 1 aromatic heterocycles. The maximum atomic E-state index is 14.6. The van der Waals surface area contributed by atoms with E-state index in [-0.39, 0.29) is 17.8 Å². The fraction of sp³-hybridized carbons (Fsp3) is 0.556. The Bertz CT molecular complexity index is 976. The summed E-state index contributed by atoms with van der Waals surface area (Å²) in [6.07, 6.45) is 11.9. The minimum atomic E-state index is -0.133. The Hall–Kier alpha value is -2.47. The number of hydrogen-bond donors (Lipinski definition) is 0. The zero-order chi connectivity index (χ0) is 23.4. The normalized spacial score (nSPS) is 20.4. The van der Waals surface area contributed by atoms with Crippen LogP contribution in [0.5, 0.6) is 0 Å². The van der Waals surface area contributed by atoms with Gasteiger partial charge in [0.05, 0.1) is 5.69 Å². The van der Waals surface area contributed by atoms with Crippen molar-refractivity contribution in [2.45, 2.75) is 58.0 Å². The number of allylic oxidation sites excluding steroid dienone is 2. The van der Waals surface area contributed by atoms with Crippen LogP contribution in [0.25, 0.3) is 0 Å². The van der Waals surface area contributed by atoms with Gasteiger partial charge in [0.25, 0.3) is 0 Å².